The zero-order chi connectivity index (χ0) is 24.2. The number of ether oxygens (including phenoxy) is 2. The third-order valence-corrected chi connectivity index (χ3v) is 6.33. The average molecular weight is 473 g/mol. The van der Waals surface area contributed by atoms with Gasteiger partial charge in [0.1, 0.15) is 28.8 Å². The molecule has 0 bridgehead atoms. The average Bonchev–Trinajstić information content (AvgIpc) is 3.74. The van der Waals surface area contributed by atoms with E-state index < -0.39 is 0 Å². The number of methoxy groups -OCH3 is 1. The van der Waals surface area contributed by atoms with Crippen molar-refractivity contribution in [2.24, 2.45) is 4.99 Å². The van der Waals surface area contributed by atoms with Crippen molar-refractivity contribution in [1.82, 2.24) is 20.1 Å². The van der Waals surface area contributed by atoms with Crippen LogP contribution in [0, 0.1) is 0 Å². The quantitative estimate of drug-likeness (QED) is 0.512. The normalized spacial score (nSPS) is 18.2. The van der Waals surface area contributed by atoms with Gasteiger partial charge in [0.2, 0.25) is 0 Å². The first kappa shape index (κ1) is 23.1. The number of hydrogen-bond acceptors (Lipinski definition) is 7. The number of nitrogens with one attached hydrogen (secondary N) is 2. The number of anilines is 1. The lowest BCUT2D eigenvalue weighted by atomic mass is 10.1. The van der Waals surface area contributed by atoms with Crippen molar-refractivity contribution < 1.29 is 9.47 Å². The molecule has 2 fully saturated rings. The molecule has 1 aliphatic heterocycles. The lowest BCUT2D eigenvalue weighted by Crippen LogP contribution is -2.38. The summed E-state index contributed by atoms with van der Waals surface area (Å²) >= 11 is 0. The van der Waals surface area contributed by atoms with Crippen molar-refractivity contribution in [3.8, 4) is 17.2 Å². The van der Waals surface area contributed by atoms with Crippen LogP contribution in [0.1, 0.15) is 43.0 Å². The Morgan fingerprint density at radius 2 is 1.97 bits per heavy atom. The Hall–Kier alpha value is -3.65. The van der Waals surface area contributed by atoms with Gasteiger partial charge in [0.05, 0.1) is 18.5 Å². The van der Waals surface area contributed by atoms with E-state index in [0.29, 0.717) is 34.6 Å². The molecular formula is C27H32N6O2. The van der Waals surface area contributed by atoms with Gasteiger partial charge in [0, 0.05) is 43.8 Å². The van der Waals surface area contributed by atoms with E-state index in [9.17, 15) is 0 Å². The molecule has 8 nitrogen and oxygen atoms in total. The number of rotatable bonds is 8. The minimum Gasteiger partial charge on any atom is -0.495 e. The highest BCUT2D eigenvalue weighted by molar-refractivity contribution is 5.64. The highest BCUT2D eigenvalue weighted by Gasteiger charge is 2.30. The lowest BCUT2D eigenvalue weighted by molar-refractivity contribution is 0.402. The molecular weight excluding hydrogens is 440 g/mol. The molecule has 0 radical (unpaired) electrons. The third-order valence-electron chi connectivity index (χ3n) is 6.33. The van der Waals surface area contributed by atoms with E-state index in [1.165, 1.54) is 0 Å². The van der Waals surface area contributed by atoms with Crippen LogP contribution in [0.5, 0.6) is 17.2 Å². The van der Waals surface area contributed by atoms with Crippen molar-refractivity contribution in [2.45, 2.75) is 37.6 Å². The summed E-state index contributed by atoms with van der Waals surface area (Å²) in [5, 5.41) is 11.9. The number of piperidine rings is 1. The zero-order valence-corrected chi connectivity index (χ0v) is 20.3. The summed E-state index contributed by atoms with van der Waals surface area (Å²) in [6.07, 6.45) is 4.45. The van der Waals surface area contributed by atoms with E-state index in [0.717, 1.165) is 61.8 Å². The summed E-state index contributed by atoms with van der Waals surface area (Å²) < 4.78 is 13.6. The van der Waals surface area contributed by atoms with E-state index in [1.54, 1.807) is 18.8 Å². The first-order valence-electron chi connectivity index (χ1n) is 12.2. The Kier molecular flexibility index (Phi) is 6.81. The summed E-state index contributed by atoms with van der Waals surface area (Å²) in [6, 6.07) is 15.8. The number of nitrogens with zero attached hydrogens (tertiary/aromatic N) is 4. The molecule has 0 amide bonds. The second-order valence-electron chi connectivity index (χ2n) is 8.99. The molecule has 3 aromatic rings. The first-order valence-corrected chi connectivity index (χ1v) is 12.2. The topological polar surface area (TPSA) is 85.6 Å². The van der Waals surface area contributed by atoms with Crippen LogP contribution >= 0.6 is 0 Å². The maximum atomic E-state index is 6.19. The van der Waals surface area contributed by atoms with Crippen molar-refractivity contribution in [3.05, 3.63) is 72.0 Å². The third kappa shape index (κ3) is 5.38. The predicted molar refractivity (Wildman–Crippen MR) is 137 cm³/mol. The van der Waals surface area contributed by atoms with Gasteiger partial charge in [-0.15, -0.1) is 0 Å². The van der Waals surface area contributed by atoms with E-state index in [2.05, 4.69) is 22.2 Å². The van der Waals surface area contributed by atoms with Crippen molar-refractivity contribution in [1.29, 1.82) is 0 Å². The largest absolute Gasteiger partial charge is 0.495 e. The standard InChI is InChI=1S/C27H32N6O2/c1-18(33-26(28-2)16-24(34-3)27(32-33)19-11-12-19)23-14-22(35-21-9-5-4-6-10-21)15-25(31-23)30-20-8-7-13-29-17-20/h4-6,9-10,14-16,19-20,29H,1,7-8,11-13,17H2,2-3H3,(H,30,31)/t20-/m1/s1. The minimum atomic E-state index is 0.304. The molecule has 2 N–H and O–H groups in total. The Morgan fingerprint density at radius 3 is 2.66 bits per heavy atom. The monoisotopic (exact) mass is 472 g/mol. The van der Waals surface area contributed by atoms with E-state index in [-0.39, 0.29) is 0 Å². The fourth-order valence-electron chi connectivity index (χ4n) is 4.33. The van der Waals surface area contributed by atoms with Crippen LogP contribution in [-0.2, 0) is 0 Å². The van der Waals surface area contributed by atoms with E-state index >= 15 is 0 Å². The summed E-state index contributed by atoms with van der Waals surface area (Å²) in [6.45, 7) is 6.31. The molecule has 5 rings (SSSR count). The second kappa shape index (κ2) is 10.3. The van der Waals surface area contributed by atoms with Gasteiger partial charge in [0.25, 0.3) is 0 Å². The van der Waals surface area contributed by atoms with Crippen LogP contribution in [0.3, 0.4) is 0 Å². The Bertz CT molecular complexity index is 1260. The Morgan fingerprint density at radius 1 is 1.14 bits per heavy atom. The second-order valence-corrected chi connectivity index (χ2v) is 8.99. The maximum Gasteiger partial charge on any atom is 0.153 e. The van der Waals surface area contributed by atoms with Crippen molar-refractivity contribution >= 4 is 11.5 Å². The van der Waals surface area contributed by atoms with Crippen molar-refractivity contribution in [2.75, 3.05) is 32.6 Å². The van der Waals surface area contributed by atoms with Gasteiger partial charge in [0.15, 0.2) is 5.49 Å². The summed E-state index contributed by atoms with van der Waals surface area (Å²) in [4.78, 5) is 9.33. The van der Waals surface area contributed by atoms with Gasteiger partial charge in [-0.25, -0.2) is 9.67 Å². The Labute approximate surface area is 205 Å². The lowest BCUT2D eigenvalue weighted by Gasteiger charge is -2.25. The SMILES string of the molecule is C=C(c1cc(Oc2ccccc2)cc(N[C@@H]2CCCNC2)n1)n1nc(C2CC2)c(OC)cc1=NC. The van der Waals surface area contributed by atoms with Gasteiger partial charge < -0.3 is 20.1 Å². The van der Waals surface area contributed by atoms with Crippen LogP contribution in [0.25, 0.3) is 5.70 Å². The molecule has 1 aromatic carbocycles. The van der Waals surface area contributed by atoms with Crippen molar-refractivity contribution in [3.63, 3.8) is 0 Å². The molecule has 1 saturated carbocycles. The number of hydrogen-bond donors (Lipinski definition) is 2. The molecule has 0 unspecified atom stereocenters. The van der Waals surface area contributed by atoms with Crippen LogP contribution in [-0.4, -0.2) is 48.1 Å². The molecule has 2 aliphatic rings. The molecule has 182 valence electrons. The van der Waals surface area contributed by atoms with Gasteiger partial charge >= 0.3 is 0 Å². The fourth-order valence-corrected chi connectivity index (χ4v) is 4.33. The molecule has 35 heavy (non-hydrogen) atoms. The van der Waals surface area contributed by atoms with Crippen LogP contribution in [0.2, 0.25) is 0 Å². The van der Waals surface area contributed by atoms with Gasteiger partial charge in [-0.05, 0) is 44.4 Å². The highest BCUT2D eigenvalue weighted by Crippen LogP contribution is 2.42. The zero-order valence-electron chi connectivity index (χ0n) is 20.3. The smallest absolute Gasteiger partial charge is 0.153 e. The predicted octanol–water partition coefficient (Wildman–Crippen LogP) is 4.17. The molecule has 0 spiro atoms. The molecule has 2 aromatic heterocycles. The van der Waals surface area contributed by atoms with Crippen LogP contribution in [0.15, 0.2) is 60.1 Å². The highest BCUT2D eigenvalue weighted by atomic mass is 16.5. The molecule has 1 saturated heterocycles. The van der Waals surface area contributed by atoms with Crippen LogP contribution < -0.4 is 25.6 Å². The van der Waals surface area contributed by atoms with Gasteiger partial charge in [-0.1, -0.05) is 24.8 Å². The molecule has 1 aliphatic carbocycles. The van der Waals surface area contributed by atoms with Gasteiger partial charge in [-0.3, -0.25) is 4.99 Å². The first-order chi connectivity index (χ1) is 17.1. The van der Waals surface area contributed by atoms with Crippen LogP contribution in [0.4, 0.5) is 5.82 Å². The number of aromatic nitrogens is 3. The molecule has 3 heterocycles. The van der Waals surface area contributed by atoms with Gasteiger partial charge in [-0.2, -0.15) is 5.10 Å². The summed E-state index contributed by atoms with van der Waals surface area (Å²) in [5.74, 6) is 3.36. The van der Waals surface area contributed by atoms with E-state index in [1.807, 2.05) is 48.5 Å². The molecule has 8 heteroatoms. The number of benzene rings is 1. The number of para-hydroxylation sites is 1. The number of pyridine rings is 1. The fraction of sp³-hybridized carbons (Fsp3) is 0.370. The summed E-state index contributed by atoms with van der Waals surface area (Å²) in [5.41, 5.74) is 2.88. The molecule has 1 atom stereocenters. The Balaban J connectivity index is 1.53. The maximum absolute atomic E-state index is 6.19. The minimum absolute atomic E-state index is 0.304. The van der Waals surface area contributed by atoms with E-state index in [4.69, 9.17) is 19.6 Å². The summed E-state index contributed by atoms with van der Waals surface area (Å²) in [7, 11) is 3.41.